The van der Waals surface area contributed by atoms with Crippen LogP contribution in [0, 0.1) is 6.92 Å². The maximum absolute atomic E-state index is 5.71. The number of aromatic nitrogens is 1. The fourth-order valence-electron chi connectivity index (χ4n) is 1.73. The van der Waals surface area contributed by atoms with Crippen LogP contribution in [0.3, 0.4) is 0 Å². The number of rotatable bonds is 3. The van der Waals surface area contributed by atoms with Gasteiger partial charge < -0.3 is 5.73 Å². The van der Waals surface area contributed by atoms with Crippen LogP contribution in [0.1, 0.15) is 16.7 Å². The van der Waals surface area contributed by atoms with Gasteiger partial charge in [0.2, 0.25) is 0 Å². The van der Waals surface area contributed by atoms with Crippen LogP contribution in [0.4, 0.5) is 0 Å². The number of hydrogen-bond donors (Lipinski definition) is 1. The SMILES string of the molecule is Cc1cc[n+](Cc2ccccc2C(N)=S)cc1. The minimum absolute atomic E-state index is 0.452. The molecule has 0 unspecified atom stereocenters. The number of nitrogens with zero attached hydrogens (tertiary/aromatic N) is 1. The number of aryl methyl sites for hydroxylation is 1. The summed E-state index contributed by atoms with van der Waals surface area (Å²) in [5.74, 6) is 0. The summed E-state index contributed by atoms with van der Waals surface area (Å²) in [6.45, 7) is 2.86. The lowest BCUT2D eigenvalue weighted by Crippen LogP contribution is -2.34. The highest BCUT2D eigenvalue weighted by Crippen LogP contribution is 2.08. The molecule has 2 aromatic rings. The van der Waals surface area contributed by atoms with E-state index < -0.39 is 0 Å². The van der Waals surface area contributed by atoms with Gasteiger partial charge in [-0.1, -0.05) is 36.5 Å². The molecule has 17 heavy (non-hydrogen) atoms. The van der Waals surface area contributed by atoms with E-state index in [1.54, 1.807) is 0 Å². The zero-order chi connectivity index (χ0) is 12.3. The number of benzene rings is 1. The molecule has 1 aromatic heterocycles. The van der Waals surface area contributed by atoms with Crippen molar-refractivity contribution in [3.8, 4) is 0 Å². The highest BCUT2D eigenvalue weighted by Gasteiger charge is 2.08. The van der Waals surface area contributed by atoms with Gasteiger partial charge in [0.1, 0.15) is 4.99 Å². The second kappa shape index (κ2) is 5.06. The molecule has 0 atom stereocenters. The number of hydrogen-bond acceptors (Lipinski definition) is 1. The zero-order valence-corrected chi connectivity index (χ0v) is 10.6. The Labute approximate surface area is 107 Å². The van der Waals surface area contributed by atoms with E-state index in [1.165, 1.54) is 5.56 Å². The molecule has 0 aliphatic carbocycles. The molecule has 2 N–H and O–H groups in total. The Balaban J connectivity index is 2.30. The van der Waals surface area contributed by atoms with Gasteiger partial charge >= 0.3 is 0 Å². The van der Waals surface area contributed by atoms with Crippen LogP contribution in [0.15, 0.2) is 48.8 Å². The number of pyridine rings is 1. The molecule has 1 heterocycles. The summed E-state index contributed by atoms with van der Waals surface area (Å²) in [6, 6.07) is 12.2. The summed E-state index contributed by atoms with van der Waals surface area (Å²) in [4.78, 5) is 0.452. The lowest BCUT2D eigenvalue weighted by molar-refractivity contribution is -0.688. The Hall–Kier alpha value is -1.74. The lowest BCUT2D eigenvalue weighted by Gasteiger charge is -2.05. The predicted octanol–water partition coefficient (Wildman–Crippen LogP) is 1.97. The molecule has 0 aliphatic heterocycles. The molecule has 2 rings (SSSR count). The van der Waals surface area contributed by atoms with Crippen LogP contribution in [0.2, 0.25) is 0 Å². The number of nitrogens with two attached hydrogens (primary N) is 1. The third kappa shape index (κ3) is 2.88. The Kier molecular flexibility index (Phi) is 3.49. The quantitative estimate of drug-likeness (QED) is 0.660. The largest absolute Gasteiger partial charge is 0.389 e. The van der Waals surface area contributed by atoms with Crippen molar-refractivity contribution in [2.45, 2.75) is 13.5 Å². The first-order valence-electron chi connectivity index (χ1n) is 5.50. The van der Waals surface area contributed by atoms with Crippen molar-refractivity contribution in [1.82, 2.24) is 0 Å². The van der Waals surface area contributed by atoms with Crippen molar-refractivity contribution in [2.24, 2.45) is 5.73 Å². The van der Waals surface area contributed by atoms with Crippen LogP contribution >= 0.6 is 12.2 Å². The molecule has 1 aromatic carbocycles. The average molecular weight is 243 g/mol. The summed E-state index contributed by atoms with van der Waals surface area (Å²) < 4.78 is 2.12. The summed E-state index contributed by atoms with van der Waals surface area (Å²) in [5, 5.41) is 0. The first kappa shape index (κ1) is 11.7. The van der Waals surface area contributed by atoms with Crippen molar-refractivity contribution in [3.05, 3.63) is 65.5 Å². The van der Waals surface area contributed by atoms with E-state index in [4.69, 9.17) is 18.0 Å². The Morgan fingerprint density at radius 3 is 2.47 bits per heavy atom. The molecule has 0 amide bonds. The van der Waals surface area contributed by atoms with Crippen LogP contribution in [-0.2, 0) is 6.54 Å². The summed E-state index contributed by atoms with van der Waals surface area (Å²) in [6.07, 6.45) is 4.12. The highest BCUT2D eigenvalue weighted by atomic mass is 32.1. The third-order valence-electron chi connectivity index (χ3n) is 2.69. The van der Waals surface area contributed by atoms with Crippen LogP contribution in [0.25, 0.3) is 0 Å². The van der Waals surface area contributed by atoms with Crippen molar-refractivity contribution in [2.75, 3.05) is 0 Å². The van der Waals surface area contributed by atoms with E-state index in [1.807, 2.05) is 18.2 Å². The summed E-state index contributed by atoms with van der Waals surface area (Å²) >= 11 is 5.06. The van der Waals surface area contributed by atoms with Gasteiger partial charge in [-0.25, -0.2) is 4.57 Å². The Bertz CT molecular complexity index is 532. The smallest absolute Gasteiger partial charge is 0.174 e. The molecule has 0 aliphatic rings. The topological polar surface area (TPSA) is 29.9 Å². The molecule has 0 saturated carbocycles. The van der Waals surface area contributed by atoms with Crippen LogP contribution < -0.4 is 10.3 Å². The van der Waals surface area contributed by atoms with Gasteiger partial charge in [-0.2, -0.15) is 0 Å². The van der Waals surface area contributed by atoms with Crippen molar-refractivity contribution in [1.29, 1.82) is 0 Å². The first-order chi connectivity index (χ1) is 8.16. The van der Waals surface area contributed by atoms with E-state index in [0.29, 0.717) is 4.99 Å². The second-order valence-corrected chi connectivity index (χ2v) is 4.51. The fourth-order valence-corrected chi connectivity index (χ4v) is 1.93. The normalized spacial score (nSPS) is 10.2. The van der Waals surface area contributed by atoms with Gasteiger partial charge in [0.15, 0.2) is 18.9 Å². The summed E-state index contributed by atoms with van der Waals surface area (Å²) in [5.41, 5.74) is 9.07. The van der Waals surface area contributed by atoms with Crippen LogP contribution in [0.5, 0.6) is 0 Å². The molecule has 0 fully saturated rings. The average Bonchev–Trinajstić information content (AvgIpc) is 2.32. The molecule has 3 heteroatoms. The van der Waals surface area contributed by atoms with Gasteiger partial charge in [0.05, 0.1) is 0 Å². The second-order valence-electron chi connectivity index (χ2n) is 4.07. The van der Waals surface area contributed by atoms with Gasteiger partial charge in [-0.05, 0) is 12.5 Å². The van der Waals surface area contributed by atoms with E-state index in [9.17, 15) is 0 Å². The van der Waals surface area contributed by atoms with Crippen molar-refractivity contribution in [3.63, 3.8) is 0 Å². The fraction of sp³-hybridized carbons (Fsp3) is 0.143. The Morgan fingerprint density at radius 2 is 1.82 bits per heavy atom. The van der Waals surface area contributed by atoms with Gasteiger partial charge in [0.25, 0.3) is 0 Å². The highest BCUT2D eigenvalue weighted by molar-refractivity contribution is 7.80. The maximum Gasteiger partial charge on any atom is 0.174 e. The van der Waals surface area contributed by atoms with E-state index in [-0.39, 0.29) is 0 Å². The molecule has 86 valence electrons. The van der Waals surface area contributed by atoms with Gasteiger partial charge in [-0.15, -0.1) is 0 Å². The lowest BCUT2D eigenvalue weighted by atomic mass is 10.1. The van der Waals surface area contributed by atoms with Gasteiger partial charge in [-0.3, -0.25) is 0 Å². The first-order valence-corrected chi connectivity index (χ1v) is 5.91. The molecule has 0 spiro atoms. The van der Waals surface area contributed by atoms with Crippen LogP contribution in [-0.4, -0.2) is 4.99 Å². The standard InChI is InChI=1S/C14H14N2S/c1-11-6-8-16(9-7-11)10-12-4-2-3-5-13(12)14(15)17/h2-9H,10H2,1H3,(H-,15,17)/p+1. The van der Waals surface area contributed by atoms with Crippen molar-refractivity contribution < 1.29 is 4.57 Å². The van der Waals surface area contributed by atoms with E-state index in [0.717, 1.165) is 17.7 Å². The molecule has 0 radical (unpaired) electrons. The number of thiocarbonyl (C=S) groups is 1. The van der Waals surface area contributed by atoms with Gasteiger partial charge in [0, 0.05) is 23.3 Å². The van der Waals surface area contributed by atoms with Crippen molar-refractivity contribution >= 4 is 17.2 Å². The molecule has 2 nitrogen and oxygen atoms in total. The minimum atomic E-state index is 0.452. The molecule has 0 saturated heterocycles. The third-order valence-corrected chi connectivity index (χ3v) is 2.91. The predicted molar refractivity (Wildman–Crippen MR) is 72.8 cm³/mol. The maximum atomic E-state index is 5.71. The van der Waals surface area contributed by atoms with E-state index >= 15 is 0 Å². The van der Waals surface area contributed by atoms with E-state index in [2.05, 4.69) is 42.1 Å². The monoisotopic (exact) mass is 243 g/mol. The molecular formula is C14H15N2S+. The molecular weight excluding hydrogens is 228 g/mol. The Morgan fingerprint density at radius 1 is 1.18 bits per heavy atom. The zero-order valence-electron chi connectivity index (χ0n) is 9.76. The summed E-state index contributed by atoms with van der Waals surface area (Å²) in [7, 11) is 0. The minimum Gasteiger partial charge on any atom is -0.389 e. The molecule has 0 bridgehead atoms.